The summed E-state index contributed by atoms with van der Waals surface area (Å²) in [6.45, 7) is 11.7. The van der Waals surface area contributed by atoms with E-state index in [1.165, 1.54) is 6.42 Å². The van der Waals surface area contributed by atoms with Crippen molar-refractivity contribution >= 4 is 11.8 Å². The van der Waals surface area contributed by atoms with Gasteiger partial charge in [0.15, 0.2) is 12.1 Å². The topological polar surface area (TPSA) is 149 Å². The first-order valence-corrected chi connectivity index (χ1v) is 17.7. The van der Waals surface area contributed by atoms with Gasteiger partial charge in [-0.1, -0.05) is 44.9 Å². The van der Waals surface area contributed by atoms with E-state index in [1.54, 1.807) is 38.1 Å². The number of aliphatic hydroxyl groups excluding tert-OH is 4. The van der Waals surface area contributed by atoms with Crippen molar-refractivity contribution < 1.29 is 44.2 Å². The second-order valence-corrected chi connectivity index (χ2v) is 14.4. The third kappa shape index (κ3) is 11.2. The molecule has 12 atom stereocenters. The third-order valence-corrected chi connectivity index (χ3v) is 10.4. The van der Waals surface area contributed by atoms with Gasteiger partial charge in [0, 0.05) is 17.8 Å². The zero-order chi connectivity index (χ0) is 34.8. The van der Waals surface area contributed by atoms with Gasteiger partial charge in [-0.2, -0.15) is 0 Å². The predicted octanol–water partition coefficient (Wildman–Crippen LogP) is 2.69. The summed E-state index contributed by atoms with van der Waals surface area (Å²) in [5, 5.41) is 43.9. The van der Waals surface area contributed by atoms with Crippen LogP contribution in [0.2, 0.25) is 0 Å². The number of carbonyl (C=O) groups is 2. The Morgan fingerprint density at radius 2 is 1.70 bits per heavy atom. The van der Waals surface area contributed by atoms with Gasteiger partial charge < -0.3 is 44.4 Å². The summed E-state index contributed by atoms with van der Waals surface area (Å²) in [6, 6.07) is -0.649. The lowest BCUT2D eigenvalue weighted by Gasteiger charge is -2.47. The maximum Gasteiger partial charge on any atom is 0.308 e. The smallest absolute Gasteiger partial charge is 0.308 e. The molecule has 2 saturated heterocycles. The highest BCUT2D eigenvalue weighted by atomic mass is 16.7. The van der Waals surface area contributed by atoms with Crippen molar-refractivity contribution in [3.63, 3.8) is 0 Å². The van der Waals surface area contributed by atoms with E-state index in [0.717, 1.165) is 38.0 Å². The highest BCUT2D eigenvalue weighted by Gasteiger charge is 2.47. The molecule has 0 spiro atoms. The lowest BCUT2D eigenvalue weighted by atomic mass is 9.79. The molecule has 0 aromatic carbocycles. The second-order valence-electron chi connectivity index (χ2n) is 14.4. The van der Waals surface area contributed by atoms with Crippen molar-refractivity contribution in [1.82, 2.24) is 9.80 Å². The van der Waals surface area contributed by atoms with Crippen LogP contribution >= 0.6 is 0 Å². The fourth-order valence-electron chi connectivity index (χ4n) is 7.39. The van der Waals surface area contributed by atoms with Gasteiger partial charge in [-0.15, -0.1) is 0 Å². The summed E-state index contributed by atoms with van der Waals surface area (Å²) >= 11 is 0. The molecule has 0 saturated carbocycles. The van der Waals surface area contributed by atoms with E-state index in [4.69, 9.17) is 14.2 Å². The van der Waals surface area contributed by atoms with Crippen molar-refractivity contribution in [3.05, 3.63) is 23.8 Å². The normalized spacial score (nSPS) is 39.1. The zero-order valence-corrected chi connectivity index (χ0v) is 29.7. The minimum Gasteiger partial charge on any atom is -0.462 e. The van der Waals surface area contributed by atoms with Crippen molar-refractivity contribution in [2.45, 2.75) is 129 Å². The first kappa shape index (κ1) is 39.7. The first-order valence-electron chi connectivity index (χ1n) is 17.7. The summed E-state index contributed by atoms with van der Waals surface area (Å²) in [5.41, 5.74) is 0.776. The van der Waals surface area contributed by atoms with Gasteiger partial charge in [0.1, 0.15) is 12.2 Å². The van der Waals surface area contributed by atoms with E-state index < -0.39 is 66.8 Å². The van der Waals surface area contributed by atoms with Crippen LogP contribution < -0.4 is 0 Å². The molecule has 2 fully saturated rings. The first-order chi connectivity index (χ1) is 22.3. The number of hydrogen-bond donors (Lipinski definition) is 4. The molecule has 11 heteroatoms. The van der Waals surface area contributed by atoms with Crippen LogP contribution in [0.1, 0.15) is 79.6 Å². The predicted molar refractivity (Wildman–Crippen MR) is 179 cm³/mol. The Kier molecular flexibility index (Phi) is 16.0. The van der Waals surface area contributed by atoms with Crippen LogP contribution in [0.4, 0.5) is 0 Å². The SMILES string of the molecule is CC[C@@H]1OC(=O)C[C@@H](O)[C@H](C)[C@@H](O[C@@H]2O[C@H](C)[C@@H](O)[C@H](N(C)C)[C@@H]2O)[C@@H](CCN2CCCCC2)C[C@@H](C)C(=O)C=CC(C)=C[C@@H]1CO. The largest absolute Gasteiger partial charge is 0.462 e. The van der Waals surface area contributed by atoms with Crippen LogP contribution in [0, 0.1) is 23.7 Å². The van der Waals surface area contributed by atoms with Crippen molar-refractivity contribution in [2.75, 3.05) is 40.3 Å². The van der Waals surface area contributed by atoms with Gasteiger partial charge in [0.05, 0.1) is 43.5 Å². The maximum absolute atomic E-state index is 13.5. The monoisotopic (exact) mass is 666 g/mol. The molecule has 0 aromatic rings. The molecule has 0 bridgehead atoms. The number of allylic oxidation sites excluding steroid dienone is 3. The quantitative estimate of drug-likeness (QED) is 0.284. The third-order valence-electron chi connectivity index (χ3n) is 10.4. The molecule has 3 heterocycles. The average molecular weight is 667 g/mol. The number of ether oxygens (including phenoxy) is 3. The van der Waals surface area contributed by atoms with Crippen LogP contribution in [-0.4, -0.2) is 131 Å². The molecule has 3 aliphatic rings. The maximum atomic E-state index is 13.5. The molecule has 3 aliphatic heterocycles. The molecular formula is C36H62N2O9. The lowest BCUT2D eigenvalue weighted by Crippen LogP contribution is -2.63. The van der Waals surface area contributed by atoms with Crippen molar-refractivity contribution in [2.24, 2.45) is 23.7 Å². The molecule has 11 nitrogen and oxygen atoms in total. The minimum absolute atomic E-state index is 0.0443. The Morgan fingerprint density at radius 3 is 2.32 bits per heavy atom. The number of nitrogens with zero attached hydrogens (tertiary/aromatic N) is 2. The Labute approximate surface area is 281 Å². The lowest BCUT2D eigenvalue weighted by molar-refractivity contribution is -0.304. The van der Waals surface area contributed by atoms with Gasteiger partial charge in [-0.05, 0) is 91.7 Å². The number of carbonyl (C=O) groups excluding carboxylic acids is 2. The number of piperidine rings is 1. The van der Waals surface area contributed by atoms with E-state index in [9.17, 15) is 30.0 Å². The Bertz CT molecular complexity index is 1050. The van der Waals surface area contributed by atoms with Gasteiger partial charge in [-0.25, -0.2) is 0 Å². The highest BCUT2D eigenvalue weighted by molar-refractivity contribution is 5.91. The molecule has 0 unspecified atom stereocenters. The Morgan fingerprint density at radius 1 is 1.02 bits per heavy atom. The Hall–Kier alpha value is -1.70. The second kappa shape index (κ2) is 18.9. The highest BCUT2D eigenvalue weighted by Crippen LogP contribution is 2.35. The van der Waals surface area contributed by atoms with Crippen LogP contribution in [0.3, 0.4) is 0 Å². The van der Waals surface area contributed by atoms with Crippen molar-refractivity contribution in [3.8, 4) is 0 Å². The molecule has 4 N–H and O–H groups in total. The summed E-state index contributed by atoms with van der Waals surface area (Å²) in [6.07, 6.45) is 3.61. The number of aliphatic hydroxyl groups is 4. The molecule has 3 rings (SSSR count). The number of likely N-dealkylation sites (tertiary alicyclic amines) is 1. The van der Waals surface area contributed by atoms with Crippen LogP contribution in [-0.2, 0) is 23.8 Å². The number of ketones is 1. The molecule has 0 aliphatic carbocycles. The van der Waals surface area contributed by atoms with Crippen molar-refractivity contribution in [1.29, 1.82) is 0 Å². The fraction of sp³-hybridized carbons (Fsp3) is 0.833. The molecule has 0 amide bonds. The summed E-state index contributed by atoms with van der Waals surface area (Å²) in [5.74, 6) is -2.29. The molecule has 0 aromatic heterocycles. The Balaban J connectivity index is 2.02. The average Bonchev–Trinajstić information content (AvgIpc) is 3.04. The standard InChI is InChI=1S/C36H62N2O9/c1-8-30-27(21-39)18-22(2)12-13-28(40)23(3)19-26(14-17-38-15-10-9-11-16-38)35(24(4)29(41)20-31(42)46-30)47-36-34(44)32(37(6)7)33(43)25(5)45-36/h12-13,18,23-27,29-30,32-36,39,41,43-44H,8-11,14-17,19-21H2,1-7H3/t23-,24+,25-,26+,27-,29-,30+,32+,33-,34+,35-,36+/m1/s1. The fourth-order valence-corrected chi connectivity index (χ4v) is 7.39. The van der Waals surface area contributed by atoms with Crippen LogP contribution in [0.5, 0.6) is 0 Å². The molecule has 0 radical (unpaired) electrons. The minimum atomic E-state index is -1.19. The number of likely N-dealkylation sites (N-methyl/N-ethyl adjacent to an activating group) is 1. The number of rotatable bonds is 8. The molecule has 270 valence electrons. The van der Waals surface area contributed by atoms with E-state index >= 15 is 0 Å². The van der Waals surface area contributed by atoms with Gasteiger partial charge in [0.2, 0.25) is 0 Å². The zero-order valence-electron chi connectivity index (χ0n) is 29.7. The van der Waals surface area contributed by atoms with Gasteiger partial charge in [0.25, 0.3) is 0 Å². The number of hydrogen-bond acceptors (Lipinski definition) is 11. The van der Waals surface area contributed by atoms with Gasteiger partial charge in [-0.3, -0.25) is 9.59 Å². The van der Waals surface area contributed by atoms with Crippen LogP contribution in [0.15, 0.2) is 23.8 Å². The summed E-state index contributed by atoms with van der Waals surface area (Å²) in [7, 11) is 3.56. The number of esters is 1. The van der Waals surface area contributed by atoms with Gasteiger partial charge >= 0.3 is 5.97 Å². The van der Waals surface area contributed by atoms with E-state index in [-0.39, 0.29) is 30.6 Å². The molecule has 47 heavy (non-hydrogen) atoms. The van der Waals surface area contributed by atoms with E-state index in [1.807, 2.05) is 33.8 Å². The number of cyclic esters (lactones) is 1. The summed E-state index contributed by atoms with van der Waals surface area (Å²) in [4.78, 5) is 30.9. The summed E-state index contributed by atoms with van der Waals surface area (Å²) < 4.78 is 18.5. The van der Waals surface area contributed by atoms with Crippen LogP contribution in [0.25, 0.3) is 0 Å². The van der Waals surface area contributed by atoms with E-state index in [2.05, 4.69) is 4.90 Å². The molecular weight excluding hydrogens is 604 g/mol. The van der Waals surface area contributed by atoms with E-state index in [0.29, 0.717) is 19.3 Å².